The molecule has 1 aromatic rings. The molecular formula is C11H14BrNO5S. The third-order valence-electron chi connectivity index (χ3n) is 2.24. The van der Waals surface area contributed by atoms with Crippen molar-refractivity contribution in [2.45, 2.75) is 6.42 Å². The second kappa shape index (κ2) is 6.88. The molecule has 0 fully saturated rings. The van der Waals surface area contributed by atoms with E-state index < -0.39 is 16.0 Å². The number of aromatic carboxylic acids is 1. The quantitative estimate of drug-likeness (QED) is 0.732. The van der Waals surface area contributed by atoms with Gasteiger partial charge in [0.15, 0.2) is 0 Å². The summed E-state index contributed by atoms with van der Waals surface area (Å²) in [5, 5.41) is 8.86. The second-order valence-corrected chi connectivity index (χ2v) is 6.46. The summed E-state index contributed by atoms with van der Waals surface area (Å²) in [6.45, 7) is 0.344. The maximum atomic E-state index is 11.8. The molecule has 0 aliphatic heterocycles. The highest BCUT2D eigenvalue weighted by Gasteiger charge is 2.14. The van der Waals surface area contributed by atoms with Crippen LogP contribution in [0.15, 0.2) is 22.7 Å². The topological polar surface area (TPSA) is 92.7 Å². The zero-order valence-corrected chi connectivity index (χ0v) is 12.6. The summed E-state index contributed by atoms with van der Waals surface area (Å²) in [6.07, 6.45) is 0.363. The van der Waals surface area contributed by atoms with E-state index in [0.717, 1.165) is 0 Å². The molecule has 0 radical (unpaired) electrons. The summed E-state index contributed by atoms with van der Waals surface area (Å²) in [5.41, 5.74) is 0.218. The number of anilines is 1. The van der Waals surface area contributed by atoms with Crippen molar-refractivity contribution in [2.75, 3.05) is 24.2 Å². The first-order chi connectivity index (χ1) is 8.85. The van der Waals surface area contributed by atoms with Crippen molar-refractivity contribution in [1.82, 2.24) is 0 Å². The number of halogens is 1. The molecule has 0 saturated heterocycles. The minimum atomic E-state index is -3.52. The highest BCUT2D eigenvalue weighted by Crippen LogP contribution is 2.24. The lowest BCUT2D eigenvalue weighted by atomic mass is 10.2. The van der Waals surface area contributed by atoms with Crippen LogP contribution in [-0.2, 0) is 14.8 Å². The van der Waals surface area contributed by atoms with Crippen LogP contribution in [0.2, 0.25) is 0 Å². The number of ether oxygens (including phenoxy) is 1. The van der Waals surface area contributed by atoms with Crippen molar-refractivity contribution in [3.05, 3.63) is 28.2 Å². The molecule has 0 unspecified atom stereocenters. The van der Waals surface area contributed by atoms with E-state index in [4.69, 9.17) is 9.84 Å². The highest BCUT2D eigenvalue weighted by atomic mass is 79.9. The van der Waals surface area contributed by atoms with Gasteiger partial charge in [0, 0.05) is 18.2 Å². The van der Waals surface area contributed by atoms with Gasteiger partial charge in [-0.2, -0.15) is 0 Å². The van der Waals surface area contributed by atoms with E-state index in [9.17, 15) is 13.2 Å². The van der Waals surface area contributed by atoms with E-state index >= 15 is 0 Å². The standard InChI is InChI=1S/C11H14BrNO5S/c1-18-5-2-6-19(16,17)13-10-7-8(11(14)15)3-4-9(10)12/h3-4,7,13H,2,5-6H2,1H3,(H,14,15). The Morgan fingerprint density at radius 3 is 2.74 bits per heavy atom. The molecule has 1 rings (SSSR count). The van der Waals surface area contributed by atoms with Crippen molar-refractivity contribution in [1.29, 1.82) is 0 Å². The van der Waals surface area contributed by atoms with Gasteiger partial charge in [0.05, 0.1) is 17.0 Å². The molecule has 106 valence electrons. The summed E-state index contributed by atoms with van der Waals surface area (Å²) in [5.74, 6) is -1.21. The molecule has 0 bridgehead atoms. The van der Waals surface area contributed by atoms with E-state index in [1.807, 2.05) is 0 Å². The van der Waals surface area contributed by atoms with Crippen molar-refractivity contribution >= 4 is 37.6 Å². The molecule has 0 aromatic heterocycles. The van der Waals surface area contributed by atoms with Gasteiger partial charge in [-0.25, -0.2) is 13.2 Å². The predicted molar refractivity (Wildman–Crippen MR) is 75.0 cm³/mol. The van der Waals surface area contributed by atoms with E-state index in [-0.39, 0.29) is 17.0 Å². The van der Waals surface area contributed by atoms with Crippen LogP contribution in [0, 0.1) is 0 Å². The van der Waals surface area contributed by atoms with Gasteiger partial charge >= 0.3 is 5.97 Å². The van der Waals surface area contributed by atoms with Crippen LogP contribution >= 0.6 is 15.9 Å². The SMILES string of the molecule is COCCCS(=O)(=O)Nc1cc(C(=O)O)ccc1Br. The monoisotopic (exact) mass is 351 g/mol. The third-order valence-corrected chi connectivity index (χ3v) is 4.29. The van der Waals surface area contributed by atoms with Gasteiger partial charge in [-0.1, -0.05) is 0 Å². The van der Waals surface area contributed by atoms with Crippen LogP contribution in [0.3, 0.4) is 0 Å². The van der Waals surface area contributed by atoms with E-state index in [0.29, 0.717) is 17.5 Å². The molecule has 2 N–H and O–H groups in total. The summed E-state index contributed by atoms with van der Waals surface area (Å²) in [6, 6.07) is 4.13. The molecule has 0 spiro atoms. The first-order valence-electron chi connectivity index (χ1n) is 5.38. The molecule has 0 atom stereocenters. The number of carboxylic acid groups (broad SMARTS) is 1. The number of hydrogen-bond acceptors (Lipinski definition) is 4. The number of sulfonamides is 1. The number of benzene rings is 1. The molecule has 0 aliphatic carbocycles. The average Bonchev–Trinajstić information content (AvgIpc) is 2.31. The molecule has 19 heavy (non-hydrogen) atoms. The molecule has 0 heterocycles. The second-order valence-electron chi connectivity index (χ2n) is 3.77. The van der Waals surface area contributed by atoms with Gasteiger partial charge in [0.25, 0.3) is 0 Å². The van der Waals surface area contributed by atoms with Crippen LogP contribution < -0.4 is 4.72 Å². The maximum Gasteiger partial charge on any atom is 0.335 e. The lowest BCUT2D eigenvalue weighted by molar-refractivity contribution is 0.0697. The van der Waals surface area contributed by atoms with Crippen LogP contribution in [0.5, 0.6) is 0 Å². The smallest absolute Gasteiger partial charge is 0.335 e. The minimum absolute atomic E-state index is 0.0118. The predicted octanol–water partition coefficient (Wildman–Crippen LogP) is 1.93. The first-order valence-corrected chi connectivity index (χ1v) is 7.82. The Hall–Kier alpha value is -1.12. The number of carbonyl (C=O) groups is 1. The molecule has 6 nitrogen and oxygen atoms in total. The number of nitrogens with one attached hydrogen (secondary N) is 1. The van der Waals surface area contributed by atoms with Crippen LogP contribution in [-0.4, -0.2) is 39.0 Å². The summed E-state index contributed by atoms with van der Waals surface area (Å²) >= 11 is 3.17. The summed E-state index contributed by atoms with van der Waals surface area (Å²) in [4.78, 5) is 10.8. The Bertz CT molecular complexity index is 558. The van der Waals surface area contributed by atoms with Crippen LogP contribution in [0.25, 0.3) is 0 Å². The number of rotatable bonds is 7. The number of carboxylic acids is 1. The Balaban J connectivity index is 2.86. The van der Waals surface area contributed by atoms with E-state index in [1.54, 1.807) is 0 Å². The third kappa shape index (κ3) is 5.17. The van der Waals surface area contributed by atoms with Gasteiger partial charge in [-0.05, 0) is 40.5 Å². The van der Waals surface area contributed by atoms with Gasteiger partial charge in [0.2, 0.25) is 10.0 Å². The Morgan fingerprint density at radius 1 is 1.47 bits per heavy atom. The molecule has 0 amide bonds. The van der Waals surface area contributed by atoms with Crippen LogP contribution in [0.1, 0.15) is 16.8 Å². The van der Waals surface area contributed by atoms with Crippen LogP contribution in [0.4, 0.5) is 5.69 Å². The van der Waals surface area contributed by atoms with Crippen molar-refractivity contribution < 1.29 is 23.1 Å². The molecular weight excluding hydrogens is 338 g/mol. The maximum absolute atomic E-state index is 11.8. The van der Waals surface area contributed by atoms with E-state index in [2.05, 4.69) is 20.7 Å². The fourth-order valence-electron chi connectivity index (χ4n) is 1.35. The molecule has 0 aliphatic rings. The lowest BCUT2D eigenvalue weighted by Crippen LogP contribution is -2.18. The number of methoxy groups -OCH3 is 1. The molecule has 1 aromatic carbocycles. The normalized spacial score (nSPS) is 11.3. The van der Waals surface area contributed by atoms with Gasteiger partial charge < -0.3 is 9.84 Å². The summed E-state index contributed by atoms with van der Waals surface area (Å²) < 4.78 is 31.2. The zero-order chi connectivity index (χ0) is 14.5. The highest BCUT2D eigenvalue weighted by molar-refractivity contribution is 9.10. The van der Waals surface area contributed by atoms with E-state index in [1.165, 1.54) is 25.3 Å². The number of hydrogen-bond donors (Lipinski definition) is 2. The first kappa shape index (κ1) is 15.9. The Kier molecular flexibility index (Phi) is 5.77. The molecule has 0 saturated carbocycles. The largest absolute Gasteiger partial charge is 0.478 e. The van der Waals surface area contributed by atoms with Gasteiger partial charge in [0.1, 0.15) is 0 Å². The Morgan fingerprint density at radius 2 is 2.16 bits per heavy atom. The minimum Gasteiger partial charge on any atom is -0.478 e. The van der Waals surface area contributed by atoms with Gasteiger partial charge in [-0.15, -0.1) is 0 Å². The molecule has 8 heteroatoms. The lowest BCUT2D eigenvalue weighted by Gasteiger charge is -2.10. The average molecular weight is 352 g/mol. The van der Waals surface area contributed by atoms with Gasteiger partial charge in [-0.3, -0.25) is 4.72 Å². The fraction of sp³-hybridized carbons (Fsp3) is 0.364. The summed E-state index contributed by atoms with van der Waals surface area (Å²) in [7, 11) is -2.03. The fourth-order valence-corrected chi connectivity index (χ4v) is 2.93. The zero-order valence-electron chi connectivity index (χ0n) is 10.2. The van der Waals surface area contributed by atoms with Crippen molar-refractivity contribution in [3.63, 3.8) is 0 Å². The van der Waals surface area contributed by atoms with Crippen molar-refractivity contribution in [2.24, 2.45) is 0 Å². The Labute approximate surface area is 120 Å². The van der Waals surface area contributed by atoms with Crippen molar-refractivity contribution in [3.8, 4) is 0 Å².